The highest BCUT2D eigenvalue weighted by atomic mass is 35.5. The van der Waals surface area contributed by atoms with Crippen LogP contribution in [0.25, 0.3) is 0 Å². The van der Waals surface area contributed by atoms with Gasteiger partial charge in [-0.2, -0.15) is 0 Å². The molecule has 0 bridgehead atoms. The van der Waals surface area contributed by atoms with Crippen LogP contribution in [0.2, 0.25) is 5.02 Å². The van der Waals surface area contributed by atoms with Crippen molar-refractivity contribution in [3.05, 3.63) is 28.8 Å². The van der Waals surface area contributed by atoms with Crippen molar-refractivity contribution in [2.45, 2.75) is 32.6 Å². The van der Waals surface area contributed by atoms with Crippen molar-refractivity contribution in [1.82, 2.24) is 0 Å². The third-order valence-corrected chi connectivity index (χ3v) is 2.74. The van der Waals surface area contributed by atoms with E-state index >= 15 is 0 Å². The second-order valence-electron chi connectivity index (χ2n) is 3.69. The summed E-state index contributed by atoms with van der Waals surface area (Å²) < 4.78 is 0. The van der Waals surface area contributed by atoms with Crippen molar-refractivity contribution in [2.24, 2.45) is 0 Å². The lowest BCUT2D eigenvalue weighted by molar-refractivity contribution is 0.399. The van der Waals surface area contributed by atoms with E-state index in [1.54, 1.807) is 6.07 Å². The van der Waals surface area contributed by atoms with E-state index < -0.39 is 7.12 Å². The van der Waals surface area contributed by atoms with Gasteiger partial charge in [0, 0.05) is 17.6 Å². The van der Waals surface area contributed by atoms with Gasteiger partial charge in [0.15, 0.2) is 0 Å². The number of hydrogen-bond acceptors (Lipinski definition) is 3. The zero-order valence-electron chi connectivity index (χ0n) is 10.4. The topological polar surface area (TPSA) is 60.7 Å². The van der Waals surface area contributed by atoms with E-state index in [1.165, 1.54) is 12.8 Å². The maximum atomic E-state index is 8.98. The quantitative estimate of drug-likeness (QED) is 0.552. The number of unbranched alkanes of at least 4 members (excludes halogenated alkanes) is 2. The van der Waals surface area contributed by atoms with Gasteiger partial charge in [0.2, 0.25) is 0 Å². The van der Waals surface area contributed by atoms with E-state index in [0.29, 0.717) is 10.5 Å². The third kappa shape index (κ3) is 6.08. The largest absolute Gasteiger partial charge is 0.489 e. The van der Waals surface area contributed by atoms with E-state index in [9.17, 15) is 0 Å². The van der Waals surface area contributed by atoms with Gasteiger partial charge in [0.25, 0.3) is 0 Å². The van der Waals surface area contributed by atoms with Crippen LogP contribution in [0.15, 0.2) is 18.2 Å². The fourth-order valence-corrected chi connectivity index (χ4v) is 1.82. The molecule has 0 aliphatic rings. The Labute approximate surface area is 108 Å². The van der Waals surface area contributed by atoms with Gasteiger partial charge in [0.05, 0.1) is 0 Å². The van der Waals surface area contributed by atoms with Crippen molar-refractivity contribution in [3.63, 3.8) is 0 Å². The smallest absolute Gasteiger partial charge is 0.423 e. The summed E-state index contributed by atoms with van der Waals surface area (Å²) in [6.45, 7) is 2.16. The van der Waals surface area contributed by atoms with Gasteiger partial charge in [-0.25, -0.2) is 0 Å². The van der Waals surface area contributed by atoms with E-state index in [1.807, 2.05) is 12.1 Å². The highest BCUT2D eigenvalue weighted by molar-refractivity contribution is 6.62. The molecular weight excluding hydrogens is 238 g/mol. The van der Waals surface area contributed by atoms with Crippen molar-refractivity contribution < 1.29 is 15.2 Å². The summed E-state index contributed by atoms with van der Waals surface area (Å²) >= 11 is 5.92. The second-order valence-corrected chi connectivity index (χ2v) is 4.09. The Bertz CT molecular complexity index is 319. The number of aryl methyl sites for hydroxylation is 1. The molecule has 96 valence electrons. The Hall–Kier alpha value is -0.545. The molecule has 0 amide bonds. The maximum Gasteiger partial charge on any atom is 0.489 e. The average molecular weight is 259 g/mol. The van der Waals surface area contributed by atoms with Gasteiger partial charge in [0.1, 0.15) is 0 Å². The molecular formula is C12H20BClO3. The first-order chi connectivity index (χ1) is 8.15. The van der Waals surface area contributed by atoms with Crippen LogP contribution in [-0.2, 0) is 6.42 Å². The van der Waals surface area contributed by atoms with E-state index in [2.05, 4.69) is 6.92 Å². The Kier molecular flexibility index (Phi) is 9.18. The summed E-state index contributed by atoms with van der Waals surface area (Å²) in [5, 5.41) is 25.4. The second kappa shape index (κ2) is 9.48. The number of halogens is 1. The predicted octanol–water partition coefficient (Wildman–Crippen LogP) is 1.36. The SMILES string of the molecule is CCCCCc1ccc(B(O)O)c(Cl)c1.CO. The van der Waals surface area contributed by atoms with Crippen LogP contribution in [0, 0.1) is 0 Å². The molecule has 0 saturated carbocycles. The minimum Gasteiger partial charge on any atom is -0.423 e. The number of benzene rings is 1. The Balaban J connectivity index is 0.00000121. The highest BCUT2D eigenvalue weighted by Crippen LogP contribution is 2.12. The normalized spacial score (nSPS) is 9.53. The minimum absolute atomic E-state index is 0.371. The summed E-state index contributed by atoms with van der Waals surface area (Å²) in [4.78, 5) is 0. The van der Waals surface area contributed by atoms with Crippen molar-refractivity contribution >= 4 is 24.2 Å². The van der Waals surface area contributed by atoms with Crippen LogP contribution >= 0.6 is 11.6 Å². The summed E-state index contributed by atoms with van der Waals surface area (Å²) in [6, 6.07) is 5.39. The number of rotatable bonds is 5. The molecule has 0 aliphatic heterocycles. The van der Waals surface area contributed by atoms with Crippen LogP contribution in [0.1, 0.15) is 31.7 Å². The van der Waals surface area contributed by atoms with Crippen LogP contribution in [0.3, 0.4) is 0 Å². The molecule has 3 N–H and O–H groups in total. The molecule has 3 nitrogen and oxygen atoms in total. The molecule has 5 heteroatoms. The summed E-state index contributed by atoms with van der Waals surface area (Å²) in [6.07, 6.45) is 4.55. The Morgan fingerprint density at radius 1 is 1.18 bits per heavy atom. The lowest BCUT2D eigenvalue weighted by Gasteiger charge is -2.06. The van der Waals surface area contributed by atoms with Gasteiger partial charge in [-0.3, -0.25) is 0 Å². The molecule has 0 unspecified atom stereocenters. The molecule has 0 atom stereocenters. The van der Waals surface area contributed by atoms with E-state index in [-0.39, 0.29) is 0 Å². The monoisotopic (exact) mass is 258 g/mol. The maximum absolute atomic E-state index is 8.98. The first kappa shape index (κ1) is 16.5. The van der Waals surface area contributed by atoms with E-state index in [4.69, 9.17) is 26.8 Å². The first-order valence-electron chi connectivity index (χ1n) is 5.74. The Morgan fingerprint density at radius 2 is 1.82 bits per heavy atom. The van der Waals surface area contributed by atoms with Gasteiger partial charge in [-0.15, -0.1) is 0 Å². The van der Waals surface area contributed by atoms with Crippen LogP contribution < -0.4 is 5.46 Å². The lowest BCUT2D eigenvalue weighted by atomic mass is 9.80. The standard InChI is InChI=1S/C11H16BClO2.CH4O/c1-2-3-4-5-9-6-7-10(12(14)15)11(13)8-9;1-2/h6-8,14-15H,2-5H2,1H3;2H,1H3. The molecule has 0 fully saturated rings. The fourth-order valence-electron chi connectivity index (χ4n) is 1.51. The van der Waals surface area contributed by atoms with Crippen molar-refractivity contribution in [3.8, 4) is 0 Å². The molecule has 1 aromatic carbocycles. The van der Waals surface area contributed by atoms with E-state index in [0.717, 1.165) is 25.5 Å². The van der Waals surface area contributed by atoms with Gasteiger partial charge >= 0.3 is 7.12 Å². The molecule has 0 spiro atoms. The molecule has 1 rings (SSSR count). The van der Waals surface area contributed by atoms with Gasteiger partial charge < -0.3 is 15.2 Å². The van der Waals surface area contributed by atoms with Crippen LogP contribution in [0.5, 0.6) is 0 Å². The summed E-state index contributed by atoms with van der Waals surface area (Å²) in [7, 11) is -0.484. The zero-order valence-corrected chi connectivity index (χ0v) is 11.1. The van der Waals surface area contributed by atoms with Crippen LogP contribution in [-0.4, -0.2) is 29.4 Å². The fraction of sp³-hybridized carbons (Fsp3) is 0.500. The molecule has 0 saturated heterocycles. The van der Waals surface area contributed by atoms with Crippen LogP contribution in [0.4, 0.5) is 0 Å². The molecule has 0 aromatic heterocycles. The molecule has 0 aliphatic carbocycles. The molecule has 0 radical (unpaired) electrons. The third-order valence-electron chi connectivity index (χ3n) is 2.41. The molecule has 1 aromatic rings. The zero-order chi connectivity index (χ0) is 13.3. The summed E-state index contributed by atoms with van der Waals surface area (Å²) in [5.41, 5.74) is 1.52. The molecule has 0 heterocycles. The first-order valence-corrected chi connectivity index (χ1v) is 6.12. The highest BCUT2D eigenvalue weighted by Gasteiger charge is 2.14. The minimum atomic E-state index is -1.48. The predicted molar refractivity (Wildman–Crippen MR) is 72.6 cm³/mol. The number of aliphatic hydroxyl groups excluding tert-OH is 1. The number of hydrogen-bond donors (Lipinski definition) is 3. The van der Waals surface area contributed by atoms with Crippen molar-refractivity contribution in [2.75, 3.05) is 7.11 Å². The van der Waals surface area contributed by atoms with Crippen molar-refractivity contribution in [1.29, 1.82) is 0 Å². The van der Waals surface area contributed by atoms with Gasteiger partial charge in [-0.1, -0.05) is 43.5 Å². The lowest BCUT2D eigenvalue weighted by Crippen LogP contribution is -2.30. The summed E-state index contributed by atoms with van der Waals surface area (Å²) in [5.74, 6) is 0. The molecule has 17 heavy (non-hydrogen) atoms. The Morgan fingerprint density at radius 3 is 2.29 bits per heavy atom. The average Bonchev–Trinajstić information content (AvgIpc) is 2.31. The number of aliphatic hydroxyl groups is 1. The van der Waals surface area contributed by atoms with Gasteiger partial charge in [-0.05, 0) is 24.5 Å².